The molecule has 0 aromatic heterocycles. The quantitative estimate of drug-likeness (QED) is 0.442. The maximum absolute atomic E-state index is 5.72. The van der Waals surface area contributed by atoms with Gasteiger partial charge in [0.2, 0.25) is 0 Å². The molecule has 0 amide bonds. The normalized spacial score (nSPS) is 13.1. The predicted molar refractivity (Wildman–Crippen MR) is 65.3 cm³/mol. The molecule has 0 rings (SSSR count). The lowest BCUT2D eigenvalue weighted by molar-refractivity contribution is 0.354. The highest BCUT2D eigenvalue weighted by molar-refractivity contribution is 4.66. The molecule has 2 N–H and O–H groups in total. The highest BCUT2D eigenvalue weighted by Crippen LogP contribution is 2.17. The second kappa shape index (κ2) is 9.26. The van der Waals surface area contributed by atoms with Gasteiger partial charge in [0, 0.05) is 0 Å². The molecule has 0 spiro atoms. The second-order valence-corrected chi connectivity index (χ2v) is 4.52. The van der Waals surface area contributed by atoms with Crippen molar-refractivity contribution in [3.8, 4) is 0 Å². The van der Waals surface area contributed by atoms with Crippen LogP contribution >= 0.6 is 0 Å². The van der Waals surface area contributed by atoms with E-state index in [1.807, 2.05) is 6.08 Å². The van der Waals surface area contributed by atoms with E-state index < -0.39 is 0 Å². The number of rotatable bonds is 9. The second-order valence-electron chi connectivity index (χ2n) is 4.52. The third-order valence-electron chi connectivity index (χ3n) is 2.98. The molecule has 1 atom stereocenters. The molecule has 0 bridgehead atoms. The third-order valence-corrected chi connectivity index (χ3v) is 2.98. The first kappa shape index (κ1) is 13.7. The van der Waals surface area contributed by atoms with Crippen LogP contribution < -0.4 is 5.73 Å². The smallest absolute Gasteiger partial charge is 0.00464 e. The van der Waals surface area contributed by atoms with Gasteiger partial charge in [-0.2, -0.15) is 0 Å². The molecule has 1 nitrogen and oxygen atoms in total. The fourth-order valence-corrected chi connectivity index (χ4v) is 1.77. The van der Waals surface area contributed by atoms with Crippen LogP contribution in [-0.4, -0.2) is 6.54 Å². The number of nitrogens with two attached hydrogens (primary N) is 1. The van der Waals surface area contributed by atoms with E-state index in [9.17, 15) is 0 Å². The average molecular weight is 197 g/mol. The molecule has 0 aliphatic carbocycles. The molecule has 0 fully saturated rings. The summed E-state index contributed by atoms with van der Waals surface area (Å²) in [5.41, 5.74) is 5.72. The van der Waals surface area contributed by atoms with Crippen LogP contribution in [0.1, 0.15) is 52.4 Å². The van der Waals surface area contributed by atoms with Crippen molar-refractivity contribution in [2.24, 2.45) is 17.6 Å². The summed E-state index contributed by atoms with van der Waals surface area (Å²) in [6.07, 6.45) is 9.84. The molecule has 0 radical (unpaired) electrons. The summed E-state index contributed by atoms with van der Waals surface area (Å²) in [5.74, 6) is 1.47. The van der Waals surface area contributed by atoms with E-state index >= 15 is 0 Å². The van der Waals surface area contributed by atoms with Gasteiger partial charge in [-0.1, -0.05) is 39.2 Å². The van der Waals surface area contributed by atoms with Gasteiger partial charge in [-0.25, -0.2) is 0 Å². The lowest BCUT2D eigenvalue weighted by Crippen LogP contribution is -2.19. The Morgan fingerprint density at radius 3 is 2.29 bits per heavy atom. The molecule has 0 saturated carbocycles. The highest BCUT2D eigenvalue weighted by Gasteiger charge is 2.09. The van der Waals surface area contributed by atoms with Gasteiger partial charge in [0.15, 0.2) is 0 Å². The van der Waals surface area contributed by atoms with Gasteiger partial charge in [-0.05, 0) is 37.6 Å². The maximum atomic E-state index is 5.72. The zero-order chi connectivity index (χ0) is 10.8. The van der Waals surface area contributed by atoms with Gasteiger partial charge in [0.25, 0.3) is 0 Å². The zero-order valence-corrected chi connectivity index (χ0v) is 9.97. The van der Waals surface area contributed by atoms with Gasteiger partial charge < -0.3 is 5.73 Å². The Bertz CT molecular complexity index is 129. The van der Waals surface area contributed by atoms with E-state index in [-0.39, 0.29) is 0 Å². The van der Waals surface area contributed by atoms with Crippen molar-refractivity contribution in [2.75, 3.05) is 6.54 Å². The molecule has 1 unspecified atom stereocenters. The standard InChI is InChI=1S/C13H27N/c1-4-5-6-7-8-9-10-13(11-14)12(2)3/h4,12-13H,1,5-11,14H2,2-3H3. The lowest BCUT2D eigenvalue weighted by Gasteiger charge is -2.18. The summed E-state index contributed by atoms with van der Waals surface area (Å²) in [4.78, 5) is 0. The van der Waals surface area contributed by atoms with Crippen LogP contribution in [0, 0.1) is 11.8 Å². The number of hydrogen-bond donors (Lipinski definition) is 1. The summed E-state index contributed by atoms with van der Waals surface area (Å²) >= 11 is 0. The van der Waals surface area contributed by atoms with Crippen LogP contribution in [0.25, 0.3) is 0 Å². The van der Waals surface area contributed by atoms with E-state index in [4.69, 9.17) is 5.73 Å². The fraction of sp³-hybridized carbons (Fsp3) is 0.846. The molecule has 0 heterocycles. The first-order valence-electron chi connectivity index (χ1n) is 6.03. The molecule has 1 heteroatoms. The highest BCUT2D eigenvalue weighted by atomic mass is 14.5. The van der Waals surface area contributed by atoms with E-state index in [2.05, 4.69) is 20.4 Å². The SMILES string of the molecule is C=CCCCCCCC(CN)C(C)C. The molecule has 0 aromatic rings. The van der Waals surface area contributed by atoms with Gasteiger partial charge in [-0.15, -0.1) is 6.58 Å². The minimum Gasteiger partial charge on any atom is -0.330 e. The predicted octanol–water partition coefficient (Wildman–Crippen LogP) is 3.74. The van der Waals surface area contributed by atoms with Gasteiger partial charge in [-0.3, -0.25) is 0 Å². The summed E-state index contributed by atoms with van der Waals surface area (Å²) < 4.78 is 0. The monoisotopic (exact) mass is 197 g/mol. The first-order valence-corrected chi connectivity index (χ1v) is 6.03. The van der Waals surface area contributed by atoms with Crippen molar-refractivity contribution in [1.29, 1.82) is 0 Å². The Morgan fingerprint density at radius 2 is 1.79 bits per heavy atom. The van der Waals surface area contributed by atoms with Crippen LogP contribution in [0.2, 0.25) is 0 Å². The zero-order valence-electron chi connectivity index (χ0n) is 9.97. The Balaban J connectivity index is 3.28. The van der Waals surface area contributed by atoms with Crippen molar-refractivity contribution in [3.05, 3.63) is 12.7 Å². The van der Waals surface area contributed by atoms with E-state index in [1.54, 1.807) is 0 Å². The van der Waals surface area contributed by atoms with Crippen LogP contribution in [-0.2, 0) is 0 Å². The molecule has 84 valence electrons. The molecule has 0 saturated heterocycles. The van der Waals surface area contributed by atoms with Crippen molar-refractivity contribution in [3.63, 3.8) is 0 Å². The Kier molecular flexibility index (Phi) is 9.06. The van der Waals surface area contributed by atoms with Crippen LogP contribution in [0.3, 0.4) is 0 Å². The van der Waals surface area contributed by atoms with Gasteiger partial charge in [0.1, 0.15) is 0 Å². The molecular weight excluding hydrogens is 170 g/mol. The summed E-state index contributed by atoms with van der Waals surface area (Å²) in [6.45, 7) is 9.12. The van der Waals surface area contributed by atoms with Crippen molar-refractivity contribution >= 4 is 0 Å². The number of hydrogen-bond acceptors (Lipinski definition) is 1. The number of unbranched alkanes of at least 4 members (excludes halogenated alkanes) is 4. The van der Waals surface area contributed by atoms with Gasteiger partial charge in [0.05, 0.1) is 0 Å². The average Bonchev–Trinajstić information content (AvgIpc) is 2.16. The van der Waals surface area contributed by atoms with E-state index in [0.717, 1.165) is 18.4 Å². The Hall–Kier alpha value is -0.300. The fourth-order valence-electron chi connectivity index (χ4n) is 1.77. The van der Waals surface area contributed by atoms with Crippen LogP contribution in [0.5, 0.6) is 0 Å². The lowest BCUT2D eigenvalue weighted by atomic mass is 9.90. The largest absolute Gasteiger partial charge is 0.330 e. The minimum atomic E-state index is 0.731. The first-order chi connectivity index (χ1) is 6.72. The summed E-state index contributed by atoms with van der Waals surface area (Å²) in [6, 6.07) is 0. The van der Waals surface area contributed by atoms with E-state index in [0.29, 0.717) is 0 Å². The summed E-state index contributed by atoms with van der Waals surface area (Å²) in [5, 5.41) is 0. The molecular formula is C13H27N. The van der Waals surface area contributed by atoms with Crippen molar-refractivity contribution in [1.82, 2.24) is 0 Å². The number of allylic oxidation sites excluding steroid dienone is 1. The van der Waals surface area contributed by atoms with Crippen LogP contribution in [0.15, 0.2) is 12.7 Å². The Morgan fingerprint density at radius 1 is 1.14 bits per heavy atom. The molecule has 0 aromatic carbocycles. The van der Waals surface area contributed by atoms with E-state index in [1.165, 1.54) is 38.5 Å². The summed E-state index contributed by atoms with van der Waals surface area (Å²) in [7, 11) is 0. The topological polar surface area (TPSA) is 26.0 Å². The molecule has 0 aliphatic heterocycles. The van der Waals surface area contributed by atoms with Gasteiger partial charge >= 0.3 is 0 Å². The van der Waals surface area contributed by atoms with Crippen molar-refractivity contribution < 1.29 is 0 Å². The Labute approximate surface area is 89.8 Å². The van der Waals surface area contributed by atoms with Crippen molar-refractivity contribution in [2.45, 2.75) is 52.4 Å². The molecule has 0 aliphatic rings. The van der Waals surface area contributed by atoms with Crippen LogP contribution in [0.4, 0.5) is 0 Å². The maximum Gasteiger partial charge on any atom is -0.00464 e. The molecule has 14 heavy (non-hydrogen) atoms. The minimum absolute atomic E-state index is 0.731. The third kappa shape index (κ3) is 7.14.